The quantitative estimate of drug-likeness (QED) is 0.801. The summed E-state index contributed by atoms with van der Waals surface area (Å²) in [6, 6.07) is 6.71. The molecule has 1 fully saturated rings. The van der Waals surface area contributed by atoms with Crippen molar-refractivity contribution in [3.8, 4) is 11.5 Å². The maximum atomic E-state index is 9.24. The predicted molar refractivity (Wildman–Crippen MR) is 88.5 cm³/mol. The van der Waals surface area contributed by atoms with E-state index in [9.17, 15) is 5.11 Å². The molecule has 0 bridgehead atoms. The van der Waals surface area contributed by atoms with Crippen LogP contribution < -0.4 is 9.47 Å². The standard InChI is InChI=1S/C18H29NO3/c1-3-12-22-17-8-7-15(13-18(17)21-2)14-19-10-5-4-6-16(19)9-11-20/h7-8,13,16,20H,3-6,9-12,14H2,1-2H3. The molecule has 0 radical (unpaired) electrons. The largest absolute Gasteiger partial charge is 0.493 e. The van der Waals surface area contributed by atoms with Crippen molar-refractivity contribution in [2.75, 3.05) is 26.9 Å². The molecule has 1 saturated heterocycles. The fourth-order valence-electron chi connectivity index (χ4n) is 3.12. The van der Waals surface area contributed by atoms with Crippen molar-refractivity contribution in [1.29, 1.82) is 0 Å². The average molecular weight is 307 g/mol. The Labute approximate surface area is 134 Å². The molecular weight excluding hydrogens is 278 g/mol. The van der Waals surface area contributed by atoms with Gasteiger partial charge in [-0.25, -0.2) is 0 Å². The molecule has 1 unspecified atom stereocenters. The molecule has 124 valence electrons. The SMILES string of the molecule is CCCOc1ccc(CN2CCCCC2CCO)cc1OC. The summed E-state index contributed by atoms with van der Waals surface area (Å²) in [6.07, 6.45) is 5.57. The molecular formula is C18H29NO3. The van der Waals surface area contributed by atoms with Crippen LogP contribution in [0.3, 0.4) is 0 Å². The van der Waals surface area contributed by atoms with Crippen molar-refractivity contribution in [3.05, 3.63) is 23.8 Å². The summed E-state index contributed by atoms with van der Waals surface area (Å²) >= 11 is 0. The maximum absolute atomic E-state index is 9.24. The predicted octanol–water partition coefficient (Wildman–Crippen LogP) is 3.22. The zero-order chi connectivity index (χ0) is 15.8. The Morgan fingerprint density at radius 3 is 2.86 bits per heavy atom. The summed E-state index contributed by atoms with van der Waals surface area (Å²) in [5.74, 6) is 1.63. The molecule has 0 saturated carbocycles. The Morgan fingerprint density at radius 2 is 2.14 bits per heavy atom. The highest BCUT2D eigenvalue weighted by Crippen LogP contribution is 2.30. The number of hydrogen-bond donors (Lipinski definition) is 1. The lowest BCUT2D eigenvalue weighted by atomic mass is 9.99. The summed E-state index contributed by atoms with van der Waals surface area (Å²) in [5, 5.41) is 9.24. The summed E-state index contributed by atoms with van der Waals surface area (Å²) in [4.78, 5) is 2.49. The minimum Gasteiger partial charge on any atom is -0.493 e. The van der Waals surface area contributed by atoms with Crippen LogP contribution in [0.5, 0.6) is 11.5 Å². The van der Waals surface area contributed by atoms with E-state index in [1.807, 2.05) is 6.07 Å². The van der Waals surface area contributed by atoms with Gasteiger partial charge in [-0.15, -0.1) is 0 Å². The van der Waals surface area contributed by atoms with E-state index < -0.39 is 0 Å². The average Bonchev–Trinajstić information content (AvgIpc) is 2.55. The van der Waals surface area contributed by atoms with E-state index in [4.69, 9.17) is 9.47 Å². The van der Waals surface area contributed by atoms with Crippen LogP contribution in [0.2, 0.25) is 0 Å². The number of piperidine rings is 1. The summed E-state index contributed by atoms with van der Waals surface area (Å²) in [7, 11) is 1.69. The monoisotopic (exact) mass is 307 g/mol. The van der Waals surface area contributed by atoms with E-state index in [0.717, 1.165) is 37.4 Å². The van der Waals surface area contributed by atoms with Crippen LogP contribution in [-0.4, -0.2) is 42.9 Å². The number of likely N-dealkylation sites (tertiary alicyclic amines) is 1. The van der Waals surface area contributed by atoms with Gasteiger partial charge in [-0.2, -0.15) is 0 Å². The first-order valence-electron chi connectivity index (χ1n) is 8.43. The van der Waals surface area contributed by atoms with Gasteiger partial charge in [0.05, 0.1) is 13.7 Å². The van der Waals surface area contributed by atoms with Gasteiger partial charge >= 0.3 is 0 Å². The Bertz CT molecular complexity index is 448. The molecule has 1 aromatic rings. The molecule has 0 spiro atoms. The van der Waals surface area contributed by atoms with Gasteiger partial charge in [0.1, 0.15) is 0 Å². The minimum absolute atomic E-state index is 0.272. The van der Waals surface area contributed by atoms with Crippen molar-refractivity contribution in [2.24, 2.45) is 0 Å². The molecule has 1 aromatic carbocycles. The van der Waals surface area contributed by atoms with Crippen molar-refractivity contribution < 1.29 is 14.6 Å². The Kier molecular flexibility index (Phi) is 7.00. The zero-order valence-electron chi connectivity index (χ0n) is 13.9. The molecule has 0 aromatic heterocycles. The molecule has 4 heteroatoms. The molecule has 1 N–H and O–H groups in total. The minimum atomic E-state index is 0.272. The van der Waals surface area contributed by atoms with Crippen LogP contribution >= 0.6 is 0 Å². The van der Waals surface area contributed by atoms with Crippen LogP contribution in [-0.2, 0) is 6.54 Å². The zero-order valence-corrected chi connectivity index (χ0v) is 13.9. The van der Waals surface area contributed by atoms with E-state index in [2.05, 4.69) is 24.0 Å². The number of aliphatic hydroxyl groups is 1. The number of hydrogen-bond acceptors (Lipinski definition) is 4. The lowest BCUT2D eigenvalue weighted by molar-refractivity contribution is 0.112. The summed E-state index contributed by atoms with van der Waals surface area (Å²) in [6.45, 7) is 5.10. The third-order valence-electron chi connectivity index (χ3n) is 4.29. The summed E-state index contributed by atoms with van der Waals surface area (Å²) in [5.41, 5.74) is 1.24. The van der Waals surface area contributed by atoms with Gasteiger partial charge in [0.15, 0.2) is 11.5 Å². The fourth-order valence-corrected chi connectivity index (χ4v) is 3.12. The number of ether oxygens (including phenoxy) is 2. The topological polar surface area (TPSA) is 41.9 Å². The fraction of sp³-hybridized carbons (Fsp3) is 0.667. The smallest absolute Gasteiger partial charge is 0.161 e. The van der Waals surface area contributed by atoms with Gasteiger partial charge in [0.2, 0.25) is 0 Å². The van der Waals surface area contributed by atoms with E-state index in [1.54, 1.807) is 7.11 Å². The Morgan fingerprint density at radius 1 is 1.27 bits per heavy atom. The number of rotatable bonds is 8. The third-order valence-corrected chi connectivity index (χ3v) is 4.29. The number of aliphatic hydroxyl groups excluding tert-OH is 1. The highest BCUT2D eigenvalue weighted by Gasteiger charge is 2.22. The number of methoxy groups -OCH3 is 1. The van der Waals surface area contributed by atoms with E-state index in [0.29, 0.717) is 12.6 Å². The molecule has 1 aliphatic rings. The first-order valence-corrected chi connectivity index (χ1v) is 8.43. The van der Waals surface area contributed by atoms with Crippen LogP contribution in [0.15, 0.2) is 18.2 Å². The van der Waals surface area contributed by atoms with Crippen molar-refractivity contribution in [3.63, 3.8) is 0 Å². The van der Waals surface area contributed by atoms with Gasteiger partial charge < -0.3 is 14.6 Å². The number of benzene rings is 1. The highest BCUT2D eigenvalue weighted by atomic mass is 16.5. The second kappa shape index (κ2) is 9.01. The molecule has 1 heterocycles. The van der Waals surface area contributed by atoms with Crippen molar-refractivity contribution in [1.82, 2.24) is 4.90 Å². The van der Waals surface area contributed by atoms with E-state index in [1.165, 1.54) is 24.8 Å². The molecule has 2 rings (SSSR count). The van der Waals surface area contributed by atoms with Gasteiger partial charge in [-0.3, -0.25) is 4.90 Å². The second-order valence-corrected chi connectivity index (χ2v) is 5.97. The Balaban J connectivity index is 2.04. The second-order valence-electron chi connectivity index (χ2n) is 5.97. The van der Waals surface area contributed by atoms with Gasteiger partial charge in [-0.05, 0) is 49.9 Å². The Hall–Kier alpha value is -1.26. The lowest BCUT2D eigenvalue weighted by Gasteiger charge is -2.35. The molecule has 0 amide bonds. The van der Waals surface area contributed by atoms with E-state index >= 15 is 0 Å². The third kappa shape index (κ3) is 4.62. The molecule has 22 heavy (non-hydrogen) atoms. The molecule has 4 nitrogen and oxygen atoms in total. The van der Waals surface area contributed by atoms with Crippen molar-refractivity contribution in [2.45, 2.75) is 51.6 Å². The first-order chi connectivity index (χ1) is 10.8. The molecule has 0 aliphatic carbocycles. The van der Waals surface area contributed by atoms with Crippen LogP contribution in [0.4, 0.5) is 0 Å². The van der Waals surface area contributed by atoms with Gasteiger partial charge in [0.25, 0.3) is 0 Å². The van der Waals surface area contributed by atoms with Crippen LogP contribution in [0, 0.1) is 0 Å². The highest BCUT2D eigenvalue weighted by molar-refractivity contribution is 5.43. The summed E-state index contributed by atoms with van der Waals surface area (Å²) < 4.78 is 11.2. The normalized spacial score (nSPS) is 19.1. The van der Waals surface area contributed by atoms with Crippen molar-refractivity contribution >= 4 is 0 Å². The first kappa shape index (κ1) is 17.1. The van der Waals surface area contributed by atoms with Crippen LogP contribution in [0.25, 0.3) is 0 Å². The maximum Gasteiger partial charge on any atom is 0.161 e. The lowest BCUT2D eigenvalue weighted by Crippen LogP contribution is -2.39. The molecule has 1 aliphatic heterocycles. The van der Waals surface area contributed by atoms with E-state index in [-0.39, 0.29) is 6.61 Å². The van der Waals surface area contributed by atoms with Gasteiger partial charge in [-0.1, -0.05) is 19.4 Å². The van der Waals surface area contributed by atoms with Gasteiger partial charge in [0, 0.05) is 19.2 Å². The molecule has 1 atom stereocenters. The number of nitrogens with zero attached hydrogens (tertiary/aromatic N) is 1. The van der Waals surface area contributed by atoms with Crippen LogP contribution in [0.1, 0.15) is 44.6 Å².